The fraction of sp³-hybridized carbons (Fsp3) is 0.690. The summed E-state index contributed by atoms with van der Waals surface area (Å²) in [7, 11) is -3.79. The van der Waals surface area contributed by atoms with E-state index < -0.39 is 51.1 Å². The first-order valence-corrected chi connectivity index (χ1v) is 16.3. The minimum atomic E-state index is -3.79. The summed E-state index contributed by atoms with van der Waals surface area (Å²) in [6.07, 6.45) is 0.926. The van der Waals surface area contributed by atoms with Crippen molar-refractivity contribution in [1.82, 2.24) is 15.1 Å². The summed E-state index contributed by atoms with van der Waals surface area (Å²) in [5.74, 6) is -1.38. The van der Waals surface area contributed by atoms with Gasteiger partial charge in [-0.2, -0.15) is 0 Å². The summed E-state index contributed by atoms with van der Waals surface area (Å²) in [5, 5.41) is 12.2. The molecule has 0 radical (unpaired) electrons. The lowest BCUT2D eigenvalue weighted by Gasteiger charge is -2.30. The Kier molecular flexibility index (Phi) is 14.0. The van der Waals surface area contributed by atoms with Crippen molar-refractivity contribution in [1.29, 1.82) is 0 Å². The Balaban J connectivity index is 2.35. The lowest BCUT2D eigenvalue weighted by atomic mass is 10.1. The second kappa shape index (κ2) is 16.7. The molecule has 1 saturated heterocycles. The summed E-state index contributed by atoms with van der Waals surface area (Å²) in [5.41, 5.74) is 7.51. The number of nitrogens with one attached hydrogen (secondary N) is 1. The predicted octanol–water partition coefficient (Wildman–Crippen LogP) is 2.00. The number of nitrogens with two attached hydrogens (primary N) is 1. The number of aryl methyl sites for hydroxylation is 1. The summed E-state index contributed by atoms with van der Waals surface area (Å²) in [6, 6.07) is 6.20. The molecule has 0 spiro atoms. The minimum absolute atomic E-state index is 0.0966. The van der Waals surface area contributed by atoms with Gasteiger partial charge < -0.3 is 30.7 Å². The third-order valence-electron chi connectivity index (χ3n) is 7.37. The van der Waals surface area contributed by atoms with Crippen molar-refractivity contribution in [2.45, 2.75) is 96.3 Å². The first-order chi connectivity index (χ1) is 19.4. The number of likely N-dealkylation sites (tertiary alicyclic amines) is 1. The van der Waals surface area contributed by atoms with Crippen molar-refractivity contribution in [3.8, 4) is 0 Å². The molecule has 0 saturated carbocycles. The van der Waals surface area contributed by atoms with Gasteiger partial charge in [-0.25, -0.2) is 13.2 Å². The smallest absolute Gasteiger partial charge is 0.408 e. The van der Waals surface area contributed by atoms with Crippen LogP contribution in [0.15, 0.2) is 24.3 Å². The van der Waals surface area contributed by atoms with Gasteiger partial charge in [-0.05, 0) is 30.4 Å². The van der Waals surface area contributed by atoms with Crippen molar-refractivity contribution in [3.63, 3.8) is 0 Å². The van der Waals surface area contributed by atoms with Crippen LogP contribution in [0.2, 0.25) is 0 Å². The molecule has 1 aliphatic heterocycles. The van der Waals surface area contributed by atoms with E-state index in [1.807, 2.05) is 45.0 Å². The molecule has 4 N–H and O–H groups in total. The van der Waals surface area contributed by atoms with Crippen molar-refractivity contribution in [2.24, 2.45) is 5.73 Å². The van der Waals surface area contributed by atoms with Gasteiger partial charge in [-0.1, -0.05) is 57.9 Å². The van der Waals surface area contributed by atoms with Crippen molar-refractivity contribution in [2.75, 3.05) is 31.9 Å². The number of nitrogens with zero attached hydrogens (tertiary/aromatic N) is 2. The lowest BCUT2D eigenvalue weighted by molar-refractivity contribution is -0.135. The molecular weight excluding hydrogens is 548 g/mol. The van der Waals surface area contributed by atoms with E-state index in [2.05, 4.69) is 5.32 Å². The van der Waals surface area contributed by atoms with E-state index in [0.717, 1.165) is 17.5 Å². The number of hydrogen-bond acceptors (Lipinski definition) is 8. The van der Waals surface area contributed by atoms with Gasteiger partial charge in [0.2, 0.25) is 11.8 Å². The largest absolute Gasteiger partial charge is 0.444 e. The molecule has 1 heterocycles. The van der Waals surface area contributed by atoms with Crippen molar-refractivity contribution in [3.05, 3.63) is 35.4 Å². The fourth-order valence-corrected chi connectivity index (χ4v) is 7.23. The van der Waals surface area contributed by atoms with Crippen LogP contribution in [-0.2, 0) is 37.1 Å². The fourth-order valence-electron chi connectivity index (χ4n) is 5.08. The van der Waals surface area contributed by atoms with Crippen LogP contribution < -0.4 is 11.1 Å². The number of sulfone groups is 1. The molecule has 3 atom stereocenters. The topological polar surface area (TPSA) is 159 Å². The number of alkyl carbamates (subject to hydrolysis) is 1. The Morgan fingerprint density at radius 2 is 1.83 bits per heavy atom. The predicted molar refractivity (Wildman–Crippen MR) is 158 cm³/mol. The van der Waals surface area contributed by atoms with E-state index in [9.17, 15) is 27.9 Å². The average molecular weight is 597 g/mol. The van der Waals surface area contributed by atoms with E-state index in [1.54, 1.807) is 4.90 Å². The molecule has 232 valence electrons. The zero-order valence-corrected chi connectivity index (χ0v) is 25.7. The SMILES string of the molecule is CCCC(CCC)S(=O)(=O)CC(NC(=O)O[C@@H]1CCN(C(C)=O)C1)C(=O)N(Cc1cccc(CC)c1)C[C@@H](O)CN. The van der Waals surface area contributed by atoms with Crippen LogP contribution in [0.25, 0.3) is 0 Å². The Morgan fingerprint density at radius 3 is 2.39 bits per heavy atom. The van der Waals surface area contributed by atoms with Crippen LogP contribution in [-0.4, -0.2) is 96.7 Å². The maximum absolute atomic E-state index is 14.0. The molecule has 12 heteroatoms. The van der Waals surface area contributed by atoms with E-state index in [4.69, 9.17) is 10.5 Å². The van der Waals surface area contributed by atoms with Crippen LogP contribution in [0.4, 0.5) is 4.79 Å². The molecule has 1 aromatic carbocycles. The van der Waals surface area contributed by atoms with E-state index in [0.29, 0.717) is 38.6 Å². The van der Waals surface area contributed by atoms with Gasteiger partial charge in [-0.3, -0.25) is 9.59 Å². The summed E-state index contributed by atoms with van der Waals surface area (Å²) in [4.78, 5) is 41.5. The molecule has 11 nitrogen and oxygen atoms in total. The second-order valence-electron chi connectivity index (χ2n) is 10.8. The Labute approximate surface area is 244 Å². The van der Waals surface area contributed by atoms with Crippen LogP contribution in [0, 0.1) is 0 Å². The highest BCUT2D eigenvalue weighted by Gasteiger charge is 2.36. The molecule has 1 unspecified atom stereocenters. The molecule has 0 bridgehead atoms. The number of aliphatic hydroxyl groups excluding tert-OH is 1. The Bertz CT molecular complexity index is 1110. The number of rotatable bonds is 16. The van der Waals surface area contributed by atoms with Crippen molar-refractivity contribution < 1.29 is 32.6 Å². The van der Waals surface area contributed by atoms with Gasteiger partial charge in [0.05, 0.1) is 23.7 Å². The molecule has 3 amide bonds. The van der Waals surface area contributed by atoms with Gasteiger partial charge in [0.1, 0.15) is 12.1 Å². The molecular formula is C29H48N4O7S. The van der Waals surface area contributed by atoms with Gasteiger partial charge >= 0.3 is 6.09 Å². The highest BCUT2D eigenvalue weighted by atomic mass is 32.2. The highest BCUT2D eigenvalue weighted by Crippen LogP contribution is 2.19. The van der Waals surface area contributed by atoms with E-state index in [1.165, 1.54) is 11.8 Å². The van der Waals surface area contributed by atoms with Crippen LogP contribution in [0.1, 0.15) is 70.9 Å². The quantitative estimate of drug-likeness (QED) is 0.261. The molecule has 1 fully saturated rings. The number of hydrogen-bond donors (Lipinski definition) is 3. The van der Waals surface area contributed by atoms with Gasteiger partial charge in [0.15, 0.2) is 9.84 Å². The lowest BCUT2D eigenvalue weighted by Crippen LogP contribution is -2.54. The number of ether oxygens (including phenoxy) is 1. The highest BCUT2D eigenvalue weighted by molar-refractivity contribution is 7.92. The van der Waals surface area contributed by atoms with Gasteiger partial charge in [-0.15, -0.1) is 0 Å². The van der Waals surface area contributed by atoms with E-state index >= 15 is 0 Å². The monoisotopic (exact) mass is 596 g/mol. The number of carbonyl (C=O) groups is 3. The van der Waals surface area contributed by atoms with Crippen LogP contribution in [0.3, 0.4) is 0 Å². The van der Waals surface area contributed by atoms with Gasteiger partial charge in [0, 0.05) is 39.5 Å². The Hall–Kier alpha value is -2.70. The molecule has 41 heavy (non-hydrogen) atoms. The third-order valence-corrected chi connectivity index (χ3v) is 9.66. The number of benzene rings is 1. The average Bonchev–Trinajstić information content (AvgIpc) is 3.40. The Morgan fingerprint density at radius 1 is 1.17 bits per heavy atom. The zero-order valence-electron chi connectivity index (χ0n) is 24.9. The maximum Gasteiger partial charge on any atom is 0.408 e. The van der Waals surface area contributed by atoms with E-state index in [-0.39, 0.29) is 32.1 Å². The first-order valence-electron chi connectivity index (χ1n) is 14.6. The minimum Gasteiger partial charge on any atom is -0.444 e. The number of carbonyl (C=O) groups excluding carboxylic acids is 3. The first kappa shape index (κ1) is 34.5. The number of amides is 3. The zero-order chi connectivity index (χ0) is 30.6. The summed E-state index contributed by atoms with van der Waals surface area (Å²) >= 11 is 0. The van der Waals surface area contributed by atoms with Crippen LogP contribution >= 0.6 is 0 Å². The normalized spacial score (nSPS) is 16.9. The molecule has 0 aromatic heterocycles. The van der Waals surface area contributed by atoms with Gasteiger partial charge in [0.25, 0.3) is 0 Å². The van der Waals surface area contributed by atoms with Crippen LogP contribution in [0.5, 0.6) is 0 Å². The molecule has 0 aliphatic carbocycles. The summed E-state index contributed by atoms with van der Waals surface area (Å²) < 4.78 is 32.6. The van der Waals surface area contributed by atoms with Crippen molar-refractivity contribution >= 4 is 27.7 Å². The maximum atomic E-state index is 14.0. The number of aliphatic hydroxyl groups is 1. The third kappa shape index (κ3) is 10.9. The second-order valence-corrected chi connectivity index (χ2v) is 13.1. The summed E-state index contributed by atoms with van der Waals surface area (Å²) in [6.45, 7) is 7.80. The molecule has 2 rings (SSSR count). The molecule has 1 aliphatic rings. The molecule has 1 aromatic rings. The standard InChI is InChI=1S/C29H48N4O7S/c1-5-9-26(10-6-2)41(38,39)20-27(31-29(37)40-25-13-14-32(19-25)21(4)34)28(36)33(18-24(35)16-30)17-23-12-8-11-22(7-3)15-23/h8,11-12,15,24-27,35H,5-7,9-10,13-14,16-20,30H2,1-4H3,(H,31,37)/t24-,25+,27?/m0/s1.